The summed E-state index contributed by atoms with van der Waals surface area (Å²) < 4.78 is 9.27. The molecule has 3 heterocycles. The summed E-state index contributed by atoms with van der Waals surface area (Å²) in [5.41, 5.74) is 12.1. The average molecular weight is 1070 g/mol. The molecule has 354 valence electrons. The largest absolute Gasteiger partial charge is 0.509 e. The van der Waals surface area contributed by atoms with Gasteiger partial charge in [0.1, 0.15) is 5.82 Å². The molecule has 0 fully saturated rings. The number of aromatic nitrogens is 2. The van der Waals surface area contributed by atoms with Crippen LogP contribution in [0.3, 0.4) is 0 Å². The first-order valence-electron chi connectivity index (χ1n) is 23.7. The third-order valence-electron chi connectivity index (χ3n) is 13.4. The molecule has 0 saturated carbocycles. The van der Waals surface area contributed by atoms with Crippen molar-refractivity contribution in [1.82, 2.24) is 9.55 Å². The second-order valence-corrected chi connectivity index (χ2v) is 24.2. The smallest absolute Gasteiger partial charge is 0.135 e. The van der Waals surface area contributed by atoms with Crippen molar-refractivity contribution >= 4 is 33.2 Å². The fourth-order valence-corrected chi connectivity index (χ4v) is 8.84. The number of allylic oxidation sites excluding steroid dienone is 1. The summed E-state index contributed by atoms with van der Waals surface area (Å²) in [5.74, 6) is 2.09. The average Bonchev–Trinajstić information content (AvgIpc) is 3.83. The first-order chi connectivity index (χ1) is 30.6. The Bertz CT molecular complexity index is 2940. The van der Waals surface area contributed by atoms with Crippen LogP contribution in [0.1, 0.15) is 151 Å². The SMILES string of the molecule is CC(C)(C)C1=CN(c2cc(C(C)(C)C)cc(C(C)(C)C)c2)[CH-]N1c1[c-]c(Oc2[c-]c3c(cc2)c2cc(C(C)(C)C)ccc2n3-c2cc(C(C)(C)C)ccn2)cc(C(C)(C)c2ccccc2)c1.[Pt]. The minimum absolute atomic E-state index is 0. The van der Waals surface area contributed by atoms with Crippen LogP contribution >= 0.6 is 0 Å². The number of hydrogen-bond acceptors (Lipinski definition) is 4. The summed E-state index contributed by atoms with van der Waals surface area (Å²) in [6, 6.07) is 45.2. The van der Waals surface area contributed by atoms with E-state index in [1.165, 1.54) is 33.2 Å². The summed E-state index contributed by atoms with van der Waals surface area (Å²) in [6.45, 7) is 41.0. The van der Waals surface area contributed by atoms with Gasteiger partial charge in [-0.2, -0.15) is 6.07 Å². The quantitative estimate of drug-likeness (QED) is 0.149. The minimum Gasteiger partial charge on any atom is -0.509 e. The van der Waals surface area contributed by atoms with Gasteiger partial charge in [0.2, 0.25) is 0 Å². The molecular formula is C61H71N4OPt-3. The number of anilines is 2. The molecule has 0 aliphatic carbocycles. The number of pyridine rings is 1. The van der Waals surface area contributed by atoms with E-state index in [-0.39, 0.29) is 53.6 Å². The molecule has 2 aromatic heterocycles. The summed E-state index contributed by atoms with van der Waals surface area (Å²) in [4.78, 5) is 9.57. The maximum absolute atomic E-state index is 7.02. The van der Waals surface area contributed by atoms with Crippen molar-refractivity contribution in [3.05, 3.63) is 173 Å². The van der Waals surface area contributed by atoms with Crippen molar-refractivity contribution in [3.63, 3.8) is 0 Å². The Morgan fingerprint density at radius 2 is 1.12 bits per heavy atom. The van der Waals surface area contributed by atoms with E-state index >= 15 is 0 Å². The Hall–Kier alpha value is -5.12. The number of benzene rings is 5. The predicted octanol–water partition coefficient (Wildman–Crippen LogP) is 16.4. The molecule has 7 aromatic rings. The Balaban J connectivity index is 0.00000666. The van der Waals surface area contributed by atoms with Crippen LogP contribution in [0.25, 0.3) is 27.6 Å². The molecule has 0 N–H and O–H groups in total. The minimum atomic E-state index is -0.356. The van der Waals surface area contributed by atoms with Crippen molar-refractivity contribution in [2.24, 2.45) is 5.41 Å². The normalized spacial score (nSPS) is 14.2. The zero-order valence-corrected chi connectivity index (χ0v) is 45.3. The van der Waals surface area contributed by atoms with Crippen molar-refractivity contribution in [1.29, 1.82) is 0 Å². The van der Waals surface area contributed by atoms with Gasteiger partial charge in [-0.25, -0.2) is 4.98 Å². The van der Waals surface area contributed by atoms with Crippen LogP contribution in [0, 0.1) is 24.2 Å². The molecule has 1 aliphatic rings. The number of rotatable bonds is 7. The van der Waals surface area contributed by atoms with Crippen molar-refractivity contribution in [3.8, 4) is 17.3 Å². The first kappa shape index (κ1) is 49.8. The molecule has 0 spiro atoms. The van der Waals surface area contributed by atoms with Crippen molar-refractivity contribution in [2.75, 3.05) is 9.80 Å². The van der Waals surface area contributed by atoms with Gasteiger partial charge < -0.3 is 19.1 Å². The number of fused-ring (bicyclic) bond motifs is 3. The van der Waals surface area contributed by atoms with Gasteiger partial charge in [0.15, 0.2) is 0 Å². The Labute approximate surface area is 416 Å². The van der Waals surface area contributed by atoms with Gasteiger partial charge in [0.25, 0.3) is 0 Å². The van der Waals surface area contributed by atoms with Gasteiger partial charge in [0.05, 0.1) is 0 Å². The van der Waals surface area contributed by atoms with Crippen LogP contribution in [0.2, 0.25) is 0 Å². The monoisotopic (exact) mass is 1070 g/mol. The molecule has 0 saturated heterocycles. The van der Waals surface area contributed by atoms with E-state index in [4.69, 9.17) is 9.72 Å². The van der Waals surface area contributed by atoms with Gasteiger partial charge in [-0.3, -0.25) is 0 Å². The molecule has 5 nitrogen and oxygen atoms in total. The third kappa shape index (κ3) is 10.1. The van der Waals surface area contributed by atoms with Crippen LogP contribution in [0.5, 0.6) is 11.5 Å². The van der Waals surface area contributed by atoms with E-state index in [0.29, 0.717) is 11.5 Å². The number of nitrogens with zero attached hydrogens (tertiary/aromatic N) is 4. The maximum Gasteiger partial charge on any atom is 0.135 e. The Morgan fingerprint density at radius 1 is 0.507 bits per heavy atom. The van der Waals surface area contributed by atoms with E-state index in [0.717, 1.165) is 44.9 Å². The first-order valence-corrected chi connectivity index (χ1v) is 23.7. The predicted molar refractivity (Wildman–Crippen MR) is 279 cm³/mol. The summed E-state index contributed by atoms with van der Waals surface area (Å²) >= 11 is 0. The van der Waals surface area contributed by atoms with Crippen LogP contribution in [0.15, 0.2) is 121 Å². The van der Waals surface area contributed by atoms with E-state index < -0.39 is 0 Å². The molecule has 8 rings (SSSR count). The molecule has 0 radical (unpaired) electrons. The standard InChI is InChI=1S/C61H71N4O.Pt/c1-56(2,3)41-23-26-52-51(34-41)50-25-24-48(37-53(50)65(52)55-35-42(27-28-62-55)57(4,5)6)66-49-33-45(61(16,17)40-21-19-18-20-22-40)32-47(36-49)64-39-63(38-54(64)60(13,14)15)46-30-43(58(7,8)9)29-44(31-46)59(10,11)12;/h18-35,38-39H,1-17H3;/q-3;. The van der Waals surface area contributed by atoms with Crippen molar-refractivity contribution in [2.45, 2.75) is 145 Å². The van der Waals surface area contributed by atoms with Gasteiger partial charge in [-0.1, -0.05) is 172 Å². The van der Waals surface area contributed by atoms with Gasteiger partial charge in [-0.15, -0.1) is 53.6 Å². The third-order valence-corrected chi connectivity index (χ3v) is 13.4. The fourth-order valence-electron chi connectivity index (χ4n) is 8.84. The molecule has 0 unspecified atom stereocenters. The molecule has 67 heavy (non-hydrogen) atoms. The van der Waals surface area contributed by atoms with Crippen LogP contribution in [-0.4, -0.2) is 9.55 Å². The molecule has 0 atom stereocenters. The second kappa shape index (κ2) is 17.4. The summed E-state index contributed by atoms with van der Waals surface area (Å²) in [7, 11) is 0. The van der Waals surface area contributed by atoms with E-state index in [9.17, 15) is 0 Å². The molecular weight excluding hydrogens is 1000 g/mol. The van der Waals surface area contributed by atoms with Crippen LogP contribution in [-0.2, 0) is 48.1 Å². The Kier molecular flexibility index (Phi) is 13.0. The van der Waals surface area contributed by atoms with Gasteiger partial charge in [-0.05, 0) is 96.8 Å². The second-order valence-electron chi connectivity index (χ2n) is 24.2. The zero-order valence-electron chi connectivity index (χ0n) is 43.1. The number of hydrogen-bond donors (Lipinski definition) is 0. The topological polar surface area (TPSA) is 33.5 Å². The van der Waals surface area contributed by atoms with Crippen molar-refractivity contribution < 1.29 is 25.8 Å². The summed E-state index contributed by atoms with van der Waals surface area (Å²) in [5, 5.41) is 2.27. The maximum atomic E-state index is 7.02. The summed E-state index contributed by atoms with van der Waals surface area (Å²) in [6.07, 6.45) is 4.22. The molecule has 0 bridgehead atoms. The molecule has 0 amide bonds. The van der Waals surface area contributed by atoms with E-state index in [1.807, 2.05) is 6.20 Å². The Morgan fingerprint density at radius 3 is 1.72 bits per heavy atom. The van der Waals surface area contributed by atoms with Gasteiger partial charge >= 0.3 is 0 Å². The van der Waals surface area contributed by atoms with E-state index in [2.05, 4.69) is 260 Å². The fraction of sp³-hybridized carbons (Fsp3) is 0.377. The molecule has 1 aliphatic heterocycles. The van der Waals surface area contributed by atoms with Gasteiger partial charge in [0, 0.05) is 61.1 Å². The zero-order chi connectivity index (χ0) is 47.9. The van der Waals surface area contributed by atoms with Crippen LogP contribution in [0.4, 0.5) is 11.4 Å². The molecule has 5 aromatic carbocycles. The number of ether oxygens (including phenoxy) is 1. The van der Waals surface area contributed by atoms with E-state index in [1.54, 1.807) is 0 Å². The molecule has 6 heteroatoms. The van der Waals surface area contributed by atoms with Crippen LogP contribution < -0.4 is 14.5 Å².